The summed E-state index contributed by atoms with van der Waals surface area (Å²) in [6, 6.07) is -0.0408. The van der Waals surface area contributed by atoms with Crippen molar-refractivity contribution >= 4 is 5.91 Å². The lowest BCUT2D eigenvalue weighted by Crippen LogP contribution is -2.49. The predicted octanol–water partition coefficient (Wildman–Crippen LogP) is 0.996. The fourth-order valence-electron chi connectivity index (χ4n) is 1.95. The topological polar surface area (TPSA) is 55.6 Å². The molecule has 4 heteroatoms. The highest BCUT2D eigenvalue weighted by molar-refractivity contribution is 5.77. The standard InChI is InChI=1S/C12H24N2O2/c1-8(2)11(13)5-12(15)14-6-9(3)16-10(4)7-14/h8-11H,5-7,13H2,1-4H3. The molecule has 0 radical (unpaired) electrons. The van der Waals surface area contributed by atoms with Crippen LogP contribution in [-0.4, -0.2) is 42.1 Å². The van der Waals surface area contributed by atoms with Crippen molar-refractivity contribution in [2.75, 3.05) is 13.1 Å². The molecule has 1 rings (SSSR count). The fourth-order valence-corrected chi connectivity index (χ4v) is 1.95. The van der Waals surface area contributed by atoms with Gasteiger partial charge in [0.1, 0.15) is 0 Å². The maximum Gasteiger partial charge on any atom is 0.224 e. The first kappa shape index (κ1) is 13.5. The van der Waals surface area contributed by atoms with Crippen LogP contribution in [0.25, 0.3) is 0 Å². The highest BCUT2D eigenvalue weighted by atomic mass is 16.5. The molecule has 1 fully saturated rings. The van der Waals surface area contributed by atoms with Crippen molar-refractivity contribution in [3.8, 4) is 0 Å². The molecule has 0 aromatic carbocycles. The summed E-state index contributed by atoms with van der Waals surface area (Å²) in [5, 5.41) is 0. The molecule has 1 amide bonds. The van der Waals surface area contributed by atoms with Gasteiger partial charge in [-0.15, -0.1) is 0 Å². The first-order chi connectivity index (χ1) is 7.40. The Hall–Kier alpha value is -0.610. The second kappa shape index (κ2) is 5.64. The van der Waals surface area contributed by atoms with Crippen LogP contribution in [-0.2, 0) is 9.53 Å². The number of ether oxygens (including phenoxy) is 1. The zero-order valence-corrected chi connectivity index (χ0v) is 10.8. The number of amides is 1. The molecule has 4 nitrogen and oxygen atoms in total. The molecule has 0 aromatic heterocycles. The zero-order chi connectivity index (χ0) is 12.3. The van der Waals surface area contributed by atoms with Gasteiger partial charge in [-0.3, -0.25) is 4.79 Å². The summed E-state index contributed by atoms with van der Waals surface area (Å²) in [5.74, 6) is 0.503. The molecule has 1 aliphatic rings. The van der Waals surface area contributed by atoms with E-state index in [1.807, 2.05) is 32.6 Å². The molecule has 0 saturated carbocycles. The van der Waals surface area contributed by atoms with Crippen LogP contribution in [0.5, 0.6) is 0 Å². The average molecular weight is 228 g/mol. The predicted molar refractivity (Wildman–Crippen MR) is 64.0 cm³/mol. The molecule has 0 aromatic rings. The minimum atomic E-state index is -0.0408. The van der Waals surface area contributed by atoms with E-state index >= 15 is 0 Å². The summed E-state index contributed by atoms with van der Waals surface area (Å²) in [7, 11) is 0. The minimum Gasteiger partial charge on any atom is -0.372 e. The van der Waals surface area contributed by atoms with Gasteiger partial charge in [0.15, 0.2) is 0 Å². The van der Waals surface area contributed by atoms with Crippen molar-refractivity contribution in [3.63, 3.8) is 0 Å². The lowest BCUT2D eigenvalue weighted by Gasteiger charge is -2.36. The third-order valence-electron chi connectivity index (χ3n) is 3.04. The third kappa shape index (κ3) is 3.76. The van der Waals surface area contributed by atoms with Crippen molar-refractivity contribution in [3.05, 3.63) is 0 Å². The number of carbonyl (C=O) groups is 1. The van der Waals surface area contributed by atoms with Gasteiger partial charge in [0, 0.05) is 25.6 Å². The maximum absolute atomic E-state index is 12.0. The fraction of sp³-hybridized carbons (Fsp3) is 0.917. The van der Waals surface area contributed by atoms with Crippen LogP contribution < -0.4 is 5.73 Å². The number of morpholine rings is 1. The number of hydrogen-bond acceptors (Lipinski definition) is 3. The number of nitrogens with two attached hydrogens (primary N) is 1. The van der Waals surface area contributed by atoms with Gasteiger partial charge in [-0.2, -0.15) is 0 Å². The molecule has 1 saturated heterocycles. The van der Waals surface area contributed by atoms with Gasteiger partial charge < -0.3 is 15.4 Å². The number of carbonyl (C=O) groups excluding carboxylic acids is 1. The highest BCUT2D eigenvalue weighted by Gasteiger charge is 2.27. The van der Waals surface area contributed by atoms with Gasteiger partial charge >= 0.3 is 0 Å². The van der Waals surface area contributed by atoms with Gasteiger partial charge in [0.25, 0.3) is 0 Å². The lowest BCUT2D eigenvalue weighted by molar-refractivity contribution is -0.143. The van der Waals surface area contributed by atoms with E-state index in [0.29, 0.717) is 25.4 Å². The van der Waals surface area contributed by atoms with E-state index in [0.717, 1.165) is 0 Å². The molecule has 1 heterocycles. The average Bonchev–Trinajstić information content (AvgIpc) is 2.15. The quantitative estimate of drug-likeness (QED) is 0.784. The summed E-state index contributed by atoms with van der Waals surface area (Å²) < 4.78 is 5.59. The van der Waals surface area contributed by atoms with Crippen LogP contribution in [0, 0.1) is 5.92 Å². The molecule has 0 aliphatic carbocycles. The van der Waals surface area contributed by atoms with Crippen LogP contribution in [0.4, 0.5) is 0 Å². The molecule has 16 heavy (non-hydrogen) atoms. The van der Waals surface area contributed by atoms with Crippen LogP contribution in [0.15, 0.2) is 0 Å². The molecule has 0 spiro atoms. The van der Waals surface area contributed by atoms with Crippen LogP contribution in [0.3, 0.4) is 0 Å². The second-order valence-electron chi connectivity index (χ2n) is 5.17. The van der Waals surface area contributed by atoms with Gasteiger partial charge in [-0.05, 0) is 19.8 Å². The van der Waals surface area contributed by atoms with E-state index in [4.69, 9.17) is 10.5 Å². The molecule has 94 valence electrons. The Morgan fingerprint density at radius 3 is 2.31 bits per heavy atom. The normalized spacial score (nSPS) is 28.2. The minimum absolute atomic E-state index is 0.0408. The van der Waals surface area contributed by atoms with Gasteiger partial charge in [0.05, 0.1) is 12.2 Å². The van der Waals surface area contributed by atoms with Crippen molar-refractivity contribution < 1.29 is 9.53 Å². The van der Waals surface area contributed by atoms with Crippen molar-refractivity contribution in [2.24, 2.45) is 11.7 Å². The Kier molecular flexibility index (Phi) is 4.74. The van der Waals surface area contributed by atoms with Gasteiger partial charge in [-0.1, -0.05) is 13.8 Å². The van der Waals surface area contributed by atoms with E-state index in [1.165, 1.54) is 0 Å². The van der Waals surface area contributed by atoms with Crippen molar-refractivity contribution in [2.45, 2.75) is 52.4 Å². The van der Waals surface area contributed by atoms with Crippen LogP contribution >= 0.6 is 0 Å². The summed E-state index contributed by atoms with van der Waals surface area (Å²) in [6.07, 6.45) is 0.697. The molecule has 3 atom stereocenters. The van der Waals surface area contributed by atoms with E-state index in [2.05, 4.69) is 0 Å². The van der Waals surface area contributed by atoms with E-state index in [9.17, 15) is 4.79 Å². The first-order valence-electron chi connectivity index (χ1n) is 6.09. The SMILES string of the molecule is CC1CN(C(=O)CC(N)C(C)C)CC(C)O1. The Morgan fingerprint density at radius 1 is 1.38 bits per heavy atom. The Balaban J connectivity index is 2.47. The first-order valence-corrected chi connectivity index (χ1v) is 6.09. The number of hydrogen-bond donors (Lipinski definition) is 1. The molecule has 2 N–H and O–H groups in total. The molecule has 1 aliphatic heterocycles. The van der Waals surface area contributed by atoms with Crippen molar-refractivity contribution in [1.29, 1.82) is 0 Å². The summed E-state index contributed by atoms with van der Waals surface area (Å²) in [5.41, 5.74) is 5.91. The van der Waals surface area contributed by atoms with Crippen LogP contribution in [0.2, 0.25) is 0 Å². The lowest BCUT2D eigenvalue weighted by atomic mass is 10.0. The van der Waals surface area contributed by atoms with E-state index in [1.54, 1.807) is 0 Å². The van der Waals surface area contributed by atoms with E-state index < -0.39 is 0 Å². The zero-order valence-electron chi connectivity index (χ0n) is 10.8. The summed E-state index contributed by atoms with van der Waals surface area (Å²) in [4.78, 5) is 13.9. The highest BCUT2D eigenvalue weighted by Crippen LogP contribution is 2.13. The Bertz CT molecular complexity index is 233. The largest absolute Gasteiger partial charge is 0.372 e. The van der Waals surface area contributed by atoms with Crippen molar-refractivity contribution in [1.82, 2.24) is 4.90 Å². The molecule has 0 bridgehead atoms. The molecule has 3 unspecified atom stereocenters. The Labute approximate surface area is 98.1 Å². The molecular formula is C12H24N2O2. The monoisotopic (exact) mass is 228 g/mol. The summed E-state index contributed by atoms with van der Waals surface area (Å²) in [6.45, 7) is 9.46. The second-order valence-corrected chi connectivity index (χ2v) is 5.17. The maximum atomic E-state index is 12.0. The number of nitrogens with zero attached hydrogens (tertiary/aromatic N) is 1. The smallest absolute Gasteiger partial charge is 0.224 e. The summed E-state index contributed by atoms with van der Waals surface area (Å²) >= 11 is 0. The molecular weight excluding hydrogens is 204 g/mol. The van der Waals surface area contributed by atoms with Gasteiger partial charge in [0.2, 0.25) is 5.91 Å². The van der Waals surface area contributed by atoms with Gasteiger partial charge in [-0.25, -0.2) is 0 Å². The third-order valence-corrected chi connectivity index (χ3v) is 3.04. The van der Waals surface area contributed by atoms with Crippen LogP contribution in [0.1, 0.15) is 34.1 Å². The van der Waals surface area contributed by atoms with E-state index in [-0.39, 0.29) is 24.2 Å². The number of rotatable bonds is 3. The Morgan fingerprint density at radius 2 is 1.88 bits per heavy atom.